The molecule has 0 bridgehead atoms. The van der Waals surface area contributed by atoms with Crippen LogP contribution in [0.4, 0.5) is 5.69 Å². The van der Waals surface area contributed by atoms with Gasteiger partial charge in [-0.25, -0.2) is 4.79 Å². The molecule has 2 rings (SSSR count). The second-order valence-corrected chi connectivity index (χ2v) is 6.49. The summed E-state index contributed by atoms with van der Waals surface area (Å²) in [5.41, 5.74) is 3.93. The summed E-state index contributed by atoms with van der Waals surface area (Å²) in [5, 5.41) is 2.71. The first-order valence-electron chi connectivity index (χ1n) is 8.61. The normalized spacial score (nSPS) is 10.5. The summed E-state index contributed by atoms with van der Waals surface area (Å²) in [6, 6.07) is 13.2. The smallest absolute Gasteiger partial charge is 0.344 e. The van der Waals surface area contributed by atoms with Gasteiger partial charge in [-0.1, -0.05) is 38.1 Å². The van der Waals surface area contributed by atoms with Crippen LogP contribution in [-0.4, -0.2) is 25.1 Å². The molecule has 0 spiro atoms. The number of rotatable bonds is 7. The zero-order chi connectivity index (χ0) is 19.1. The summed E-state index contributed by atoms with van der Waals surface area (Å²) >= 11 is 0. The monoisotopic (exact) mass is 355 g/mol. The lowest BCUT2D eigenvalue weighted by Crippen LogP contribution is -2.23. The summed E-state index contributed by atoms with van der Waals surface area (Å²) in [4.78, 5) is 23.7. The molecule has 0 aliphatic heterocycles. The molecule has 2 aromatic carbocycles. The third-order valence-electron chi connectivity index (χ3n) is 4.04. The Morgan fingerprint density at radius 1 is 1.00 bits per heavy atom. The average molecular weight is 355 g/mol. The van der Waals surface area contributed by atoms with Crippen LogP contribution in [-0.2, 0) is 14.3 Å². The molecule has 5 heteroatoms. The number of amides is 1. The van der Waals surface area contributed by atoms with E-state index in [1.54, 1.807) is 0 Å². The summed E-state index contributed by atoms with van der Waals surface area (Å²) in [6.07, 6.45) is 0. The summed E-state index contributed by atoms with van der Waals surface area (Å²) in [7, 11) is 0. The largest absolute Gasteiger partial charge is 0.482 e. The van der Waals surface area contributed by atoms with Gasteiger partial charge in [0.15, 0.2) is 13.2 Å². The van der Waals surface area contributed by atoms with Crippen LogP contribution in [0, 0.1) is 13.8 Å². The molecule has 0 heterocycles. The number of esters is 1. The van der Waals surface area contributed by atoms with Gasteiger partial charge in [0.25, 0.3) is 5.91 Å². The molecule has 26 heavy (non-hydrogen) atoms. The van der Waals surface area contributed by atoms with E-state index in [9.17, 15) is 9.59 Å². The van der Waals surface area contributed by atoms with Crippen LogP contribution < -0.4 is 10.1 Å². The van der Waals surface area contributed by atoms with Gasteiger partial charge < -0.3 is 14.8 Å². The number of carbonyl (C=O) groups is 2. The first-order valence-corrected chi connectivity index (χ1v) is 8.61. The molecule has 2 aromatic rings. The standard InChI is InChI=1S/C21H25NO4/c1-14(2)18-7-5-6-8-19(18)25-13-21(24)26-12-20(23)22-17-10-9-15(3)16(4)11-17/h5-11,14H,12-13H2,1-4H3,(H,22,23). The highest BCUT2D eigenvalue weighted by Crippen LogP contribution is 2.25. The van der Waals surface area contributed by atoms with Gasteiger partial charge in [0.05, 0.1) is 0 Å². The number of ether oxygens (including phenoxy) is 2. The molecule has 1 amide bonds. The van der Waals surface area contributed by atoms with E-state index < -0.39 is 5.97 Å². The lowest BCUT2D eigenvalue weighted by atomic mass is 10.0. The van der Waals surface area contributed by atoms with E-state index in [1.807, 2.05) is 56.3 Å². The summed E-state index contributed by atoms with van der Waals surface area (Å²) in [5.74, 6) is -0.0343. The minimum Gasteiger partial charge on any atom is -0.482 e. The van der Waals surface area contributed by atoms with Gasteiger partial charge in [0, 0.05) is 5.69 Å². The van der Waals surface area contributed by atoms with Crippen molar-refractivity contribution in [3.05, 3.63) is 59.2 Å². The van der Waals surface area contributed by atoms with Gasteiger partial charge in [0.1, 0.15) is 5.75 Å². The molecule has 1 N–H and O–H groups in total. The zero-order valence-corrected chi connectivity index (χ0v) is 15.7. The van der Waals surface area contributed by atoms with E-state index in [-0.39, 0.29) is 25.0 Å². The number of nitrogens with one attached hydrogen (secondary N) is 1. The third-order valence-corrected chi connectivity index (χ3v) is 4.04. The van der Waals surface area contributed by atoms with Crippen LogP contribution >= 0.6 is 0 Å². The van der Waals surface area contributed by atoms with E-state index in [4.69, 9.17) is 9.47 Å². The van der Waals surface area contributed by atoms with Gasteiger partial charge in [-0.2, -0.15) is 0 Å². The third kappa shape index (κ3) is 5.62. The van der Waals surface area contributed by atoms with Crippen molar-refractivity contribution in [3.63, 3.8) is 0 Å². The van der Waals surface area contributed by atoms with Gasteiger partial charge in [-0.05, 0) is 54.7 Å². The second-order valence-electron chi connectivity index (χ2n) is 6.49. The van der Waals surface area contributed by atoms with Crippen molar-refractivity contribution in [2.75, 3.05) is 18.5 Å². The van der Waals surface area contributed by atoms with Crippen molar-refractivity contribution in [2.45, 2.75) is 33.6 Å². The Balaban J connectivity index is 1.79. The SMILES string of the molecule is Cc1ccc(NC(=O)COC(=O)COc2ccccc2C(C)C)cc1C. The minimum atomic E-state index is -0.584. The molecule has 0 saturated heterocycles. The van der Waals surface area contributed by atoms with E-state index in [0.29, 0.717) is 11.4 Å². The zero-order valence-electron chi connectivity index (χ0n) is 15.7. The van der Waals surface area contributed by atoms with Gasteiger partial charge in [0.2, 0.25) is 0 Å². The van der Waals surface area contributed by atoms with Crippen molar-refractivity contribution in [1.82, 2.24) is 0 Å². The number of aryl methyl sites for hydroxylation is 2. The van der Waals surface area contributed by atoms with Crippen LogP contribution in [0.25, 0.3) is 0 Å². The molecule has 0 aromatic heterocycles. The maximum absolute atomic E-state index is 11.9. The molecule has 0 aliphatic rings. The highest BCUT2D eigenvalue weighted by molar-refractivity contribution is 5.93. The molecular weight excluding hydrogens is 330 g/mol. The number of para-hydroxylation sites is 1. The number of hydrogen-bond acceptors (Lipinski definition) is 4. The van der Waals surface area contributed by atoms with E-state index in [1.165, 1.54) is 0 Å². The van der Waals surface area contributed by atoms with Crippen LogP contribution in [0.5, 0.6) is 5.75 Å². The number of hydrogen-bond donors (Lipinski definition) is 1. The first-order chi connectivity index (χ1) is 12.4. The molecule has 138 valence electrons. The number of carbonyl (C=O) groups excluding carboxylic acids is 2. The lowest BCUT2D eigenvalue weighted by Gasteiger charge is -2.13. The average Bonchev–Trinajstić information content (AvgIpc) is 2.61. The topological polar surface area (TPSA) is 64.6 Å². The number of benzene rings is 2. The second kappa shape index (κ2) is 9.04. The predicted molar refractivity (Wildman–Crippen MR) is 102 cm³/mol. The molecule has 5 nitrogen and oxygen atoms in total. The van der Waals surface area contributed by atoms with Crippen molar-refractivity contribution >= 4 is 17.6 Å². The Kier molecular flexibility index (Phi) is 6.78. The Morgan fingerprint density at radius 3 is 2.42 bits per heavy atom. The number of anilines is 1. The van der Waals surface area contributed by atoms with Crippen molar-refractivity contribution < 1.29 is 19.1 Å². The van der Waals surface area contributed by atoms with Gasteiger partial charge >= 0.3 is 5.97 Å². The highest BCUT2D eigenvalue weighted by atomic mass is 16.6. The molecule has 0 unspecified atom stereocenters. The quantitative estimate of drug-likeness (QED) is 0.763. The van der Waals surface area contributed by atoms with Crippen LogP contribution in [0.2, 0.25) is 0 Å². The maximum atomic E-state index is 11.9. The molecule has 0 radical (unpaired) electrons. The summed E-state index contributed by atoms with van der Waals surface area (Å²) < 4.78 is 10.5. The Bertz CT molecular complexity index is 783. The fourth-order valence-electron chi connectivity index (χ4n) is 2.43. The molecule has 0 atom stereocenters. The Labute approximate surface area is 154 Å². The molecule has 0 saturated carbocycles. The molecule has 0 aliphatic carbocycles. The van der Waals surface area contributed by atoms with E-state index >= 15 is 0 Å². The fourth-order valence-corrected chi connectivity index (χ4v) is 2.43. The van der Waals surface area contributed by atoms with E-state index in [0.717, 1.165) is 16.7 Å². The van der Waals surface area contributed by atoms with Crippen molar-refractivity contribution in [2.24, 2.45) is 0 Å². The van der Waals surface area contributed by atoms with Crippen LogP contribution in [0.3, 0.4) is 0 Å². The van der Waals surface area contributed by atoms with Crippen molar-refractivity contribution in [1.29, 1.82) is 0 Å². The lowest BCUT2D eigenvalue weighted by molar-refractivity contribution is -0.149. The van der Waals surface area contributed by atoms with E-state index in [2.05, 4.69) is 19.2 Å². The maximum Gasteiger partial charge on any atom is 0.344 e. The van der Waals surface area contributed by atoms with Gasteiger partial charge in [-0.3, -0.25) is 4.79 Å². The Hall–Kier alpha value is -2.82. The predicted octanol–water partition coefficient (Wildman–Crippen LogP) is 3.99. The highest BCUT2D eigenvalue weighted by Gasteiger charge is 2.12. The van der Waals surface area contributed by atoms with Crippen LogP contribution in [0.1, 0.15) is 36.5 Å². The molecule has 0 fully saturated rings. The fraction of sp³-hybridized carbons (Fsp3) is 0.333. The Morgan fingerprint density at radius 2 is 1.73 bits per heavy atom. The molecular formula is C21H25NO4. The first kappa shape index (κ1) is 19.5. The van der Waals surface area contributed by atoms with Gasteiger partial charge in [-0.15, -0.1) is 0 Å². The van der Waals surface area contributed by atoms with Crippen LogP contribution in [0.15, 0.2) is 42.5 Å². The summed E-state index contributed by atoms with van der Waals surface area (Å²) in [6.45, 7) is 7.49. The minimum absolute atomic E-state index is 0.235. The van der Waals surface area contributed by atoms with Crippen molar-refractivity contribution in [3.8, 4) is 5.75 Å².